The van der Waals surface area contributed by atoms with E-state index in [-0.39, 0.29) is 5.76 Å². The van der Waals surface area contributed by atoms with Crippen LogP contribution in [-0.2, 0) is 0 Å². The first kappa shape index (κ1) is 13.3. The number of carboxylic acids is 1. The van der Waals surface area contributed by atoms with Crippen LogP contribution in [0.4, 0.5) is 0 Å². The lowest BCUT2D eigenvalue weighted by Gasteiger charge is -2.08. The van der Waals surface area contributed by atoms with Crippen LogP contribution in [0.3, 0.4) is 0 Å². The van der Waals surface area contributed by atoms with Gasteiger partial charge >= 0.3 is 5.97 Å². The maximum atomic E-state index is 10.9. The molecule has 4 heteroatoms. The Morgan fingerprint density at radius 2 is 2.00 bits per heavy atom. The van der Waals surface area contributed by atoms with Gasteiger partial charge in [0.15, 0.2) is 0 Å². The number of carbonyl (C=O) groups is 1. The number of oxazole rings is 1. The van der Waals surface area contributed by atoms with E-state index in [1.54, 1.807) is 6.92 Å². The highest BCUT2D eigenvalue weighted by molar-refractivity contribution is 5.86. The number of aromatic carboxylic acids is 1. The van der Waals surface area contributed by atoms with Crippen molar-refractivity contribution in [1.82, 2.24) is 4.98 Å². The molecule has 1 N–H and O–H groups in total. The molecule has 100 valence electrons. The highest BCUT2D eigenvalue weighted by Gasteiger charge is 2.17. The van der Waals surface area contributed by atoms with Crippen LogP contribution >= 0.6 is 0 Å². The molecule has 1 atom stereocenters. The third-order valence-corrected chi connectivity index (χ3v) is 3.33. The molecule has 4 nitrogen and oxygen atoms in total. The van der Waals surface area contributed by atoms with E-state index in [2.05, 4.69) is 18.8 Å². The Kier molecular flexibility index (Phi) is 3.69. The van der Waals surface area contributed by atoms with Crippen molar-refractivity contribution in [3.8, 4) is 11.5 Å². The molecule has 0 radical (unpaired) electrons. The van der Waals surface area contributed by atoms with Gasteiger partial charge in [0.05, 0.1) is 5.69 Å². The van der Waals surface area contributed by atoms with E-state index in [1.165, 1.54) is 5.56 Å². The molecule has 0 spiro atoms. The van der Waals surface area contributed by atoms with Crippen molar-refractivity contribution in [1.29, 1.82) is 0 Å². The molecule has 2 rings (SSSR count). The van der Waals surface area contributed by atoms with Crippen LogP contribution in [0, 0.1) is 6.92 Å². The standard InChI is InChI=1S/C15H17NO3/c1-4-9(2)11-5-7-12(8-6-11)14-16-10(3)13(19-14)15(17)18/h5-9H,4H2,1-3H3,(H,17,18). The molecule has 0 saturated heterocycles. The predicted molar refractivity (Wildman–Crippen MR) is 72.3 cm³/mol. The van der Waals surface area contributed by atoms with Crippen molar-refractivity contribution in [3.05, 3.63) is 41.3 Å². The van der Waals surface area contributed by atoms with Crippen LogP contribution in [0.2, 0.25) is 0 Å². The Balaban J connectivity index is 2.32. The Labute approximate surface area is 112 Å². The number of hydrogen-bond donors (Lipinski definition) is 1. The maximum absolute atomic E-state index is 10.9. The van der Waals surface area contributed by atoms with Gasteiger partial charge in [0.25, 0.3) is 0 Å². The van der Waals surface area contributed by atoms with Gasteiger partial charge in [-0.1, -0.05) is 26.0 Å². The summed E-state index contributed by atoms with van der Waals surface area (Å²) in [5, 5.41) is 8.94. The van der Waals surface area contributed by atoms with Crippen LogP contribution in [0.1, 0.15) is 48.0 Å². The maximum Gasteiger partial charge on any atom is 0.373 e. The summed E-state index contributed by atoms with van der Waals surface area (Å²) in [6.07, 6.45) is 1.08. The van der Waals surface area contributed by atoms with Crippen molar-refractivity contribution in [2.75, 3.05) is 0 Å². The molecule has 0 fully saturated rings. The van der Waals surface area contributed by atoms with Gasteiger partial charge in [0.1, 0.15) is 0 Å². The van der Waals surface area contributed by atoms with Crippen molar-refractivity contribution >= 4 is 5.97 Å². The summed E-state index contributed by atoms with van der Waals surface area (Å²) >= 11 is 0. The zero-order valence-electron chi connectivity index (χ0n) is 11.3. The van der Waals surface area contributed by atoms with E-state index in [4.69, 9.17) is 9.52 Å². The molecule has 1 heterocycles. The monoisotopic (exact) mass is 259 g/mol. The first-order valence-electron chi connectivity index (χ1n) is 6.34. The first-order chi connectivity index (χ1) is 9.02. The van der Waals surface area contributed by atoms with Gasteiger partial charge in [-0.15, -0.1) is 0 Å². The minimum absolute atomic E-state index is 0.0963. The predicted octanol–water partition coefficient (Wildman–Crippen LogP) is 3.86. The van der Waals surface area contributed by atoms with Gasteiger partial charge in [-0.2, -0.15) is 0 Å². The number of benzene rings is 1. The van der Waals surface area contributed by atoms with Gasteiger partial charge in [-0.05, 0) is 37.0 Å². The lowest BCUT2D eigenvalue weighted by molar-refractivity contribution is 0.0662. The van der Waals surface area contributed by atoms with E-state index < -0.39 is 5.97 Å². The molecule has 19 heavy (non-hydrogen) atoms. The molecule has 0 amide bonds. The number of aryl methyl sites for hydroxylation is 1. The Hall–Kier alpha value is -2.10. The fraction of sp³-hybridized carbons (Fsp3) is 0.333. The van der Waals surface area contributed by atoms with E-state index in [1.807, 2.05) is 24.3 Å². The summed E-state index contributed by atoms with van der Waals surface area (Å²) in [4.78, 5) is 15.1. The zero-order chi connectivity index (χ0) is 14.0. The van der Waals surface area contributed by atoms with Crippen LogP contribution in [0.5, 0.6) is 0 Å². The summed E-state index contributed by atoms with van der Waals surface area (Å²) in [5.74, 6) is -0.325. The van der Waals surface area contributed by atoms with Crippen LogP contribution in [0.15, 0.2) is 28.7 Å². The lowest BCUT2D eigenvalue weighted by Crippen LogP contribution is -1.95. The number of nitrogens with zero attached hydrogens (tertiary/aromatic N) is 1. The molecule has 1 aromatic carbocycles. The van der Waals surface area contributed by atoms with Gasteiger partial charge < -0.3 is 9.52 Å². The van der Waals surface area contributed by atoms with E-state index in [0.29, 0.717) is 17.5 Å². The molecular formula is C15H17NO3. The fourth-order valence-electron chi connectivity index (χ4n) is 1.91. The fourth-order valence-corrected chi connectivity index (χ4v) is 1.91. The molecule has 2 aromatic rings. The molecule has 0 saturated carbocycles. The van der Waals surface area contributed by atoms with Gasteiger partial charge in [0, 0.05) is 5.56 Å². The largest absolute Gasteiger partial charge is 0.475 e. The lowest BCUT2D eigenvalue weighted by atomic mass is 9.98. The average Bonchev–Trinajstić information content (AvgIpc) is 2.80. The number of rotatable bonds is 4. The molecule has 1 aromatic heterocycles. The molecule has 0 aliphatic carbocycles. The van der Waals surface area contributed by atoms with Crippen LogP contribution in [0.25, 0.3) is 11.5 Å². The Bertz CT molecular complexity index is 584. The quantitative estimate of drug-likeness (QED) is 0.905. The average molecular weight is 259 g/mol. The highest BCUT2D eigenvalue weighted by Crippen LogP contribution is 2.25. The Morgan fingerprint density at radius 1 is 1.37 bits per heavy atom. The zero-order valence-corrected chi connectivity index (χ0v) is 11.3. The summed E-state index contributed by atoms with van der Waals surface area (Å²) in [6, 6.07) is 7.89. The van der Waals surface area contributed by atoms with E-state index >= 15 is 0 Å². The normalized spacial score (nSPS) is 12.4. The SMILES string of the molecule is CCC(C)c1ccc(-c2nc(C)c(C(=O)O)o2)cc1. The van der Waals surface area contributed by atoms with Gasteiger partial charge in [-0.3, -0.25) is 0 Å². The molecular weight excluding hydrogens is 242 g/mol. The van der Waals surface area contributed by atoms with Crippen molar-refractivity contribution < 1.29 is 14.3 Å². The van der Waals surface area contributed by atoms with Crippen molar-refractivity contribution in [2.24, 2.45) is 0 Å². The topological polar surface area (TPSA) is 63.3 Å². The van der Waals surface area contributed by atoms with Gasteiger partial charge in [-0.25, -0.2) is 9.78 Å². The smallest absolute Gasteiger partial charge is 0.373 e. The molecule has 1 unspecified atom stereocenters. The van der Waals surface area contributed by atoms with E-state index in [0.717, 1.165) is 12.0 Å². The number of carboxylic acid groups (broad SMARTS) is 1. The molecule has 0 bridgehead atoms. The second kappa shape index (κ2) is 5.26. The minimum atomic E-state index is -1.09. The Morgan fingerprint density at radius 3 is 2.47 bits per heavy atom. The summed E-state index contributed by atoms with van der Waals surface area (Å²) in [5.41, 5.74) is 2.45. The third kappa shape index (κ3) is 2.67. The van der Waals surface area contributed by atoms with Crippen LogP contribution < -0.4 is 0 Å². The minimum Gasteiger partial charge on any atom is -0.475 e. The summed E-state index contributed by atoms with van der Waals surface area (Å²) < 4.78 is 5.28. The molecule has 0 aliphatic rings. The molecule has 0 aliphatic heterocycles. The second-order valence-electron chi connectivity index (χ2n) is 4.67. The highest BCUT2D eigenvalue weighted by atomic mass is 16.4. The third-order valence-electron chi connectivity index (χ3n) is 3.33. The number of hydrogen-bond acceptors (Lipinski definition) is 3. The summed E-state index contributed by atoms with van der Waals surface area (Å²) in [7, 11) is 0. The van der Waals surface area contributed by atoms with Gasteiger partial charge in [0.2, 0.25) is 11.7 Å². The van der Waals surface area contributed by atoms with Crippen LogP contribution in [-0.4, -0.2) is 16.1 Å². The second-order valence-corrected chi connectivity index (χ2v) is 4.67. The van der Waals surface area contributed by atoms with Crippen molar-refractivity contribution in [2.45, 2.75) is 33.1 Å². The van der Waals surface area contributed by atoms with Crippen molar-refractivity contribution in [3.63, 3.8) is 0 Å². The number of aromatic nitrogens is 1. The summed E-state index contributed by atoms with van der Waals surface area (Å²) in [6.45, 7) is 5.95. The first-order valence-corrected chi connectivity index (χ1v) is 6.34. The van der Waals surface area contributed by atoms with E-state index in [9.17, 15) is 4.79 Å².